The van der Waals surface area contributed by atoms with Crippen molar-refractivity contribution in [3.8, 4) is 0 Å². The summed E-state index contributed by atoms with van der Waals surface area (Å²) in [6.45, 7) is 4.80. The second kappa shape index (κ2) is 8.15. The van der Waals surface area contributed by atoms with Crippen molar-refractivity contribution >= 4 is 17.5 Å². The van der Waals surface area contributed by atoms with Gasteiger partial charge < -0.3 is 5.32 Å². The maximum atomic E-state index is 12.0. The maximum absolute atomic E-state index is 12.0. The van der Waals surface area contributed by atoms with Gasteiger partial charge in [0, 0.05) is 17.5 Å². The highest BCUT2D eigenvalue weighted by Crippen LogP contribution is 2.13. The van der Waals surface area contributed by atoms with Crippen LogP contribution in [0.1, 0.15) is 45.1 Å². The molecule has 0 aliphatic heterocycles. The highest BCUT2D eigenvalue weighted by Gasteiger charge is 2.14. The average Bonchev–Trinajstić information content (AvgIpc) is 2.39. The first-order valence-electron chi connectivity index (χ1n) is 6.69. The van der Waals surface area contributed by atoms with Crippen LogP contribution in [-0.2, 0) is 11.3 Å². The van der Waals surface area contributed by atoms with Crippen LogP contribution < -0.4 is 5.32 Å². The van der Waals surface area contributed by atoms with Gasteiger partial charge in [0.05, 0.1) is 0 Å². The molecule has 0 aliphatic rings. The van der Waals surface area contributed by atoms with E-state index in [0.29, 0.717) is 6.54 Å². The highest BCUT2D eigenvalue weighted by atomic mass is 35.5. The van der Waals surface area contributed by atoms with E-state index in [2.05, 4.69) is 19.2 Å². The number of rotatable bonds is 7. The van der Waals surface area contributed by atoms with Crippen LogP contribution in [-0.4, -0.2) is 5.91 Å². The highest BCUT2D eigenvalue weighted by molar-refractivity contribution is 6.30. The molecule has 0 spiro atoms. The van der Waals surface area contributed by atoms with E-state index in [1.165, 1.54) is 0 Å². The van der Waals surface area contributed by atoms with Crippen LogP contribution >= 0.6 is 11.6 Å². The van der Waals surface area contributed by atoms with Crippen LogP contribution in [0, 0.1) is 5.92 Å². The lowest BCUT2D eigenvalue weighted by atomic mass is 9.98. The number of unbranched alkanes of at least 4 members (excludes halogenated alkanes) is 1. The summed E-state index contributed by atoms with van der Waals surface area (Å²) in [6, 6.07) is 7.57. The third-order valence-electron chi connectivity index (χ3n) is 3.15. The molecule has 0 unspecified atom stereocenters. The maximum Gasteiger partial charge on any atom is 0.223 e. The molecule has 1 aromatic rings. The van der Waals surface area contributed by atoms with Gasteiger partial charge in [0.15, 0.2) is 0 Å². The molecule has 0 aliphatic carbocycles. The van der Waals surface area contributed by atoms with Gasteiger partial charge in [-0.2, -0.15) is 0 Å². The Morgan fingerprint density at radius 1 is 1.28 bits per heavy atom. The molecule has 0 saturated carbocycles. The van der Waals surface area contributed by atoms with E-state index in [9.17, 15) is 4.79 Å². The number of halogens is 1. The van der Waals surface area contributed by atoms with Crippen molar-refractivity contribution in [2.75, 3.05) is 0 Å². The van der Waals surface area contributed by atoms with Crippen LogP contribution in [0.3, 0.4) is 0 Å². The Hall–Kier alpha value is -1.02. The molecule has 0 bridgehead atoms. The first-order valence-corrected chi connectivity index (χ1v) is 7.07. The molecule has 0 heterocycles. The van der Waals surface area contributed by atoms with Crippen LogP contribution in [0.4, 0.5) is 0 Å². The van der Waals surface area contributed by atoms with E-state index in [0.717, 1.165) is 36.3 Å². The van der Waals surface area contributed by atoms with E-state index in [-0.39, 0.29) is 11.8 Å². The number of amides is 1. The minimum Gasteiger partial charge on any atom is -0.352 e. The lowest BCUT2D eigenvalue weighted by Crippen LogP contribution is -2.30. The SMILES string of the molecule is CCCC[C@H](CC)C(=O)NCc1ccc(Cl)cc1. The van der Waals surface area contributed by atoms with Crippen molar-refractivity contribution in [3.05, 3.63) is 34.9 Å². The van der Waals surface area contributed by atoms with Gasteiger partial charge in [0.1, 0.15) is 0 Å². The summed E-state index contributed by atoms with van der Waals surface area (Å²) in [7, 11) is 0. The standard InChI is InChI=1S/C15H22ClNO/c1-3-5-6-13(4-2)15(18)17-11-12-7-9-14(16)10-8-12/h7-10,13H,3-6,11H2,1-2H3,(H,17,18)/t13-/m0/s1. The van der Waals surface area contributed by atoms with E-state index >= 15 is 0 Å². The number of benzene rings is 1. The fourth-order valence-electron chi connectivity index (χ4n) is 1.91. The lowest BCUT2D eigenvalue weighted by molar-refractivity contribution is -0.125. The van der Waals surface area contributed by atoms with Gasteiger partial charge >= 0.3 is 0 Å². The normalized spacial score (nSPS) is 12.2. The van der Waals surface area contributed by atoms with E-state index < -0.39 is 0 Å². The Bertz CT molecular complexity index is 361. The average molecular weight is 268 g/mol. The monoisotopic (exact) mass is 267 g/mol. The number of carbonyl (C=O) groups is 1. The second-order valence-corrected chi connectivity index (χ2v) is 5.03. The molecular weight excluding hydrogens is 246 g/mol. The van der Waals surface area contributed by atoms with Gasteiger partial charge in [0.2, 0.25) is 5.91 Å². The van der Waals surface area contributed by atoms with Crippen molar-refractivity contribution in [1.29, 1.82) is 0 Å². The molecule has 1 amide bonds. The summed E-state index contributed by atoms with van der Waals surface area (Å²) in [5, 5.41) is 3.72. The summed E-state index contributed by atoms with van der Waals surface area (Å²) < 4.78 is 0. The predicted molar refractivity (Wildman–Crippen MR) is 76.6 cm³/mol. The van der Waals surface area contributed by atoms with E-state index in [1.54, 1.807) is 0 Å². The van der Waals surface area contributed by atoms with Crippen molar-refractivity contribution in [1.82, 2.24) is 5.32 Å². The van der Waals surface area contributed by atoms with Gasteiger partial charge in [-0.15, -0.1) is 0 Å². The molecule has 0 saturated heterocycles. The fourth-order valence-corrected chi connectivity index (χ4v) is 2.03. The Labute approximate surface area is 115 Å². The molecule has 0 radical (unpaired) electrons. The Morgan fingerprint density at radius 2 is 1.94 bits per heavy atom. The number of nitrogens with one attached hydrogen (secondary N) is 1. The van der Waals surface area contributed by atoms with Gasteiger partial charge in [-0.1, -0.05) is 50.4 Å². The molecule has 1 N–H and O–H groups in total. The third-order valence-corrected chi connectivity index (χ3v) is 3.40. The summed E-state index contributed by atoms with van der Waals surface area (Å²) >= 11 is 5.82. The first kappa shape index (κ1) is 15.0. The molecule has 1 atom stereocenters. The summed E-state index contributed by atoms with van der Waals surface area (Å²) in [4.78, 5) is 12.0. The number of carbonyl (C=O) groups excluding carboxylic acids is 1. The topological polar surface area (TPSA) is 29.1 Å². The van der Waals surface area contributed by atoms with Crippen molar-refractivity contribution in [2.45, 2.75) is 46.1 Å². The summed E-state index contributed by atoms with van der Waals surface area (Å²) in [5.74, 6) is 0.318. The van der Waals surface area contributed by atoms with Gasteiger partial charge in [-0.05, 0) is 30.5 Å². The number of hydrogen-bond acceptors (Lipinski definition) is 1. The molecule has 1 rings (SSSR count). The molecule has 100 valence electrons. The van der Waals surface area contributed by atoms with Crippen molar-refractivity contribution < 1.29 is 4.79 Å². The van der Waals surface area contributed by atoms with E-state index in [1.807, 2.05) is 24.3 Å². The van der Waals surface area contributed by atoms with Crippen molar-refractivity contribution in [2.24, 2.45) is 5.92 Å². The van der Waals surface area contributed by atoms with Crippen LogP contribution in [0.5, 0.6) is 0 Å². The van der Waals surface area contributed by atoms with Crippen molar-refractivity contribution in [3.63, 3.8) is 0 Å². The smallest absolute Gasteiger partial charge is 0.223 e. The van der Waals surface area contributed by atoms with Crippen LogP contribution in [0.2, 0.25) is 5.02 Å². The molecule has 3 heteroatoms. The van der Waals surface area contributed by atoms with Gasteiger partial charge in [0.25, 0.3) is 0 Å². The Balaban J connectivity index is 2.41. The minimum absolute atomic E-state index is 0.150. The molecule has 1 aromatic carbocycles. The molecule has 2 nitrogen and oxygen atoms in total. The fraction of sp³-hybridized carbons (Fsp3) is 0.533. The molecule has 18 heavy (non-hydrogen) atoms. The van der Waals surface area contributed by atoms with E-state index in [4.69, 9.17) is 11.6 Å². The van der Waals surface area contributed by atoms with Gasteiger partial charge in [-0.3, -0.25) is 4.79 Å². The predicted octanol–water partition coefficient (Wildman–Crippen LogP) is 4.17. The summed E-state index contributed by atoms with van der Waals surface area (Å²) in [5.41, 5.74) is 1.08. The number of hydrogen-bond donors (Lipinski definition) is 1. The zero-order valence-electron chi connectivity index (χ0n) is 11.2. The van der Waals surface area contributed by atoms with Gasteiger partial charge in [-0.25, -0.2) is 0 Å². The largest absolute Gasteiger partial charge is 0.352 e. The zero-order chi connectivity index (χ0) is 13.4. The molecular formula is C15H22ClNO. The molecule has 0 fully saturated rings. The minimum atomic E-state index is 0.150. The summed E-state index contributed by atoms with van der Waals surface area (Å²) in [6.07, 6.45) is 4.15. The van der Waals surface area contributed by atoms with Crippen LogP contribution in [0.25, 0.3) is 0 Å². The Morgan fingerprint density at radius 3 is 2.50 bits per heavy atom. The van der Waals surface area contributed by atoms with Crippen LogP contribution in [0.15, 0.2) is 24.3 Å². The Kier molecular flexibility index (Phi) is 6.81. The third kappa shape index (κ3) is 5.09. The molecule has 0 aromatic heterocycles. The first-order chi connectivity index (χ1) is 8.67. The quantitative estimate of drug-likeness (QED) is 0.789. The second-order valence-electron chi connectivity index (χ2n) is 4.59. The lowest BCUT2D eigenvalue weighted by Gasteiger charge is -2.14. The zero-order valence-corrected chi connectivity index (χ0v) is 12.0.